The van der Waals surface area contributed by atoms with Crippen LogP contribution in [0.25, 0.3) is 0 Å². The average Bonchev–Trinajstić information content (AvgIpc) is 2.84. The summed E-state index contributed by atoms with van der Waals surface area (Å²) in [6.07, 6.45) is -1.15. The molecule has 208 valence electrons. The van der Waals surface area contributed by atoms with Gasteiger partial charge in [-0.05, 0) is 39.1 Å². The molecular weight excluding hydrogens is 504 g/mol. The summed E-state index contributed by atoms with van der Waals surface area (Å²) in [5, 5.41) is 79.1. The Morgan fingerprint density at radius 3 is 2.18 bits per heavy atom. The van der Waals surface area contributed by atoms with Gasteiger partial charge in [-0.2, -0.15) is 0 Å². The highest BCUT2D eigenvalue weighted by molar-refractivity contribution is 6.24. The van der Waals surface area contributed by atoms with Gasteiger partial charge in [-0.15, -0.1) is 0 Å². The molecule has 0 saturated heterocycles. The first kappa shape index (κ1) is 29.2. The number of likely N-dealkylation sites (N-methyl/N-ethyl adjacent to an activating group) is 1. The van der Waals surface area contributed by atoms with Crippen molar-refractivity contribution in [3.05, 3.63) is 52.0 Å². The number of benzene rings is 1. The van der Waals surface area contributed by atoms with Crippen molar-refractivity contribution >= 4 is 17.5 Å². The third kappa shape index (κ3) is 4.17. The highest BCUT2D eigenvalue weighted by Gasteiger charge is 2.65. The van der Waals surface area contributed by atoms with Crippen molar-refractivity contribution in [1.29, 1.82) is 0 Å². The topological polar surface area (TPSA) is 242 Å². The number of carbonyl (C=O) groups excluding carboxylic acids is 3. The number of rotatable bonds is 4. The monoisotopic (exact) mass is 536 g/mol. The molecule has 13 nitrogen and oxygen atoms in total. The Morgan fingerprint density at radius 2 is 1.71 bits per heavy atom. The van der Waals surface area contributed by atoms with Crippen molar-refractivity contribution in [2.75, 3.05) is 27.3 Å². The van der Waals surface area contributed by atoms with E-state index in [0.29, 0.717) is 0 Å². The molecule has 1 aromatic carbocycles. The van der Waals surface area contributed by atoms with Gasteiger partial charge in [0.2, 0.25) is 5.78 Å². The SMILES string of the molecule is CN(C)[C@@H]1C(O)=C(C(N)=O)C(=O)[C@@]2(O)C(O)=C3C(=O)c4c(O)cccc4[C@@](C)(O)[C@H]3C[C@@H]12.OCC(O)CO. The van der Waals surface area contributed by atoms with Crippen LogP contribution in [0.1, 0.15) is 29.3 Å². The van der Waals surface area contributed by atoms with E-state index in [2.05, 4.69) is 0 Å². The van der Waals surface area contributed by atoms with Crippen molar-refractivity contribution < 1.29 is 55.2 Å². The molecule has 0 heterocycles. The molecule has 38 heavy (non-hydrogen) atoms. The average molecular weight is 537 g/mol. The minimum atomic E-state index is -2.75. The minimum absolute atomic E-state index is 0.135. The number of aliphatic hydroxyl groups excluding tert-OH is 5. The number of hydrogen-bond acceptors (Lipinski definition) is 12. The third-order valence-electron chi connectivity index (χ3n) is 7.44. The number of nitrogens with two attached hydrogens (primary N) is 1. The van der Waals surface area contributed by atoms with Crippen LogP contribution in [0.4, 0.5) is 0 Å². The maximum Gasteiger partial charge on any atom is 0.255 e. The number of aromatic hydroxyl groups is 1. The molecule has 4 rings (SSSR count). The second-order valence-electron chi connectivity index (χ2n) is 9.98. The Hall–Kier alpha value is -3.33. The molecule has 3 aliphatic carbocycles. The van der Waals surface area contributed by atoms with Crippen LogP contribution in [0.2, 0.25) is 0 Å². The number of ketones is 2. The summed E-state index contributed by atoms with van der Waals surface area (Å²) in [6.45, 7) is 0.673. The van der Waals surface area contributed by atoms with E-state index in [-0.39, 0.29) is 30.8 Å². The first-order chi connectivity index (χ1) is 17.6. The predicted molar refractivity (Wildman–Crippen MR) is 130 cm³/mol. The molecule has 0 radical (unpaired) electrons. The number of phenols is 1. The van der Waals surface area contributed by atoms with E-state index in [1.54, 1.807) is 0 Å². The van der Waals surface area contributed by atoms with Crippen molar-refractivity contribution in [3.8, 4) is 5.75 Å². The zero-order valence-corrected chi connectivity index (χ0v) is 21.0. The quantitative estimate of drug-likeness (QED) is 0.192. The summed E-state index contributed by atoms with van der Waals surface area (Å²) in [6, 6.07) is 3.05. The van der Waals surface area contributed by atoms with Gasteiger partial charge in [-0.25, -0.2) is 0 Å². The van der Waals surface area contributed by atoms with Crippen molar-refractivity contribution in [2.45, 2.75) is 36.7 Å². The van der Waals surface area contributed by atoms with Gasteiger partial charge in [0.15, 0.2) is 11.4 Å². The van der Waals surface area contributed by atoms with E-state index in [9.17, 15) is 39.9 Å². The standard InChI is InChI=1S/C22H24N2O8.C3H8O3/c1-21(31)8-5-4-6-11(25)12(8)16(26)13-9(21)7-10-15(24(2)3)17(27)14(20(23)30)19(29)22(10,32)18(13)28;4-1-3(6)2-5/h4-6,9-10,15,25,27-28,31-32H,7H2,1-3H3,(H2,23,30);3-6H,1-2H2/t9-,10-,15-,21+,22-;/m0./s1. The van der Waals surface area contributed by atoms with E-state index >= 15 is 0 Å². The number of phenolic OH excluding ortho intramolecular Hbond substituents is 1. The largest absolute Gasteiger partial charge is 0.510 e. The van der Waals surface area contributed by atoms with Crippen molar-refractivity contribution in [1.82, 2.24) is 4.90 Å². The second kappa shape index (κ2) is 10.1. The number of amides is 1. The summed E-state index contributed by atoms with van der Waals surface area (Å²) in [5.41, 5.74) is -0.654. The molecule has 0 saturated carbocycles. The lowest BCUT2D eigenvalue weighted by Crippen LogP contribution is -2.65. The zero-order valence-electron chi connectivity index (χ0n) is 21.0. The second-order valence-corrected chi connectivity index (χ2v) is 9.98. The first-order valence-electron chi connectivity index (χ1n) is 11.7. The van der Waals surface area contributed by atoms with Crippen LogP contribution in [0.5, 0.6) is 5.75 Å². The van der Waals surface area contributed by atoms with Gasteiger partial charge in [0, 0.05) is 17.4 Å². The molecule has 5 atom stereocenters. The maximum absolute atomic E-state index is 13.3. The van der Waals surface area contributed by atoms with Gasteiger partial charge in [0.25, 0.3) is 5.91 Å². The number of fused-ring (bicyclic) bond motifs is 3. The molecule has 13 heteroatoms. The smallest absolute Gasteiger partial charge is 0.255 e. The van der Waals surface area contributed by atoms with Gasteiger partial charge < -0.3 is 46.6 Å². The Bertz CT molecular complexity index is 1230. The highest BCUT2D eigenvalue weighted by Crippen LogP contribution is 2.56. The number of hydrogen-bond donors (Lipinski definition) is 9. The highest BCUT2D eigenvalue weighted by atomic mass is 16.4. The molecule has 0 bridgehead atoms. The number of carbonyl (C=O) groups is 3. The third-order valence-corrected chi connectivity index (χ3v) is 7.44. The summed E-state index contributed by atoms with van der Waals surface area (Å²) in [4.78, 5) is 39.9. The van der Waals surface area contributed by atoms with Crippen LogP contribution in [-0.4, -0.2) is 108 Å². The van der Waals surface area contributed by atoms with Crippen LogP contribution in [0, 0.1) is 11.8 Å². The van der Waals surface area contributed by atoms with Crippen LogP contribution < -0.4 is 5.73 Å². The Morgan fingerprint density at radius 1 is 1.13 bits per heavy atom. The Kier molecular flexibility index (Phi) is 7.76. The maximum atomic E-state index is 13.3. The number of primary amides is 1. The van der Waals surface area contributed by atoms with Crippen LogP contribution >= 0.6 is 0 Å². The van der Waals surface area contributed by atoms with Crippen LogP contribution in [0.15, 0.2) is 40.9 Å². The molecule has 1 aromatic rings. The summed E-state index contributed by atoms with van der Waals surface area (Å²) in [7, 11) is 3.06. The van der Waals surface area contributed by atoms with Crippen LogP contribution in [-0.2, 0) is 15.2 Å². The van der Waals surface area contributed by atoms with Crippen molar-refractivity contribution in [2.24, 2.45) is 17.6 Å². The fraction of sp³-hybridized carbons (Fsp3) is 0.480. The minimum Gasteiger partial charge on any atom is -0.510 e. The summed E-state index contributed by atoms with van der Waals surface area (Å²) in [5.74, 6) is -7.89. The predicted octanol–water partition coefficient (Wildman–Crippen LogP) is -1.88. The normalized spacial score (nSPS) is 30.5. The molecule has 0 fully saturated rings. The summed E-state index contributed by atoms with van der Waals surface area (Å²) < 4.78 is 0. The number of Topliss-reactive ketones (excluding diaryl/α,β-unsaturated/α-hetero) is 2. The lowest BCUT2D eigenvalue weighted by atomic mass is 9.55. The van der Waals surface area contributed by atoms with Gasteiger partial charge in [-0.3, -0.25) is 19.3 Å². The fourth-order valence-corrected chi connectivity index (χ4v) is 5.57. The molecule has 0 aliphatic heterocycles. The van der Waals surface area contributed by atoms with Gasteiger partial charge in [-0.1, -0.05) is 12.1 Å². The Labute approximate surface area is 217 Å². The lowest BCUT2D eigenvalue weighted by Gasteiger charge is -2.52. The molecular formula is C25H32N2O11. The molecule has 0 unspecified atom stereocenters. The number of aliphatic hydroxyl groups is 7. The molecule has 0 aromatic heterocycles. The molecule has 10 N–H and O–H groups in total. The van der Waals surface area contributed by atoms with E-state index in [4.69, 9.17) is 21.1 Å². The van der Waals surface area contributed by atoms with E-state index < -0.39 is 81.1 Å². The van der Waals surface area contributed by atoms with Crippen LogP contribution in [0.3, 0.4) is 0 Å². The fourth-order valence-electron chi connectivity index (χ4n) is 5.57. The zero-order chi connectivity index (χ0) is 28.9. The molecule has 3 aliphatic rings. The lowest BCUT2D eigenvalue weighted by molar-refractivity contribution is -0.151. The first-order valence-corrected chi connectivity index (χ1v) is 11.7. The molecule has 0 spiro atoms. The summed E-state index contributed by atoms with van der Waals surface area (Å²) >= 11 is 0. The number of nitrogens with zero attached hydrogens (tertiary/aromatic N) is 1. The Balaban J connectivity index is 0.000000599. The van der Waals surface area contributed by atoms with Crippen molar-refractivity contribution in [3.63, 3.8) is 0 Å². The van der Waals surface area contributed by atoms with E-state index in [1.807, 2.05) is 0 Å². The van der Waals surface area contributed by atoms with Gasteiger partial charge >= 0.3 is 0 Å². The van der Waals surface area contributed by atoms with Gasteiger partial charge in [0.05, 0.1) is 30.4 Å². The molecule has 1 amide bonds. The van der Waals surface area contributed by atoms with E-state index in [0.717, 1.165) is 0 Å². The van der Waals surface area contributed by atoms with E-state index in [1.165, 1.54) is 44.1 Å². The van der Waals surface area contributed by atoms with Gasteiger partial charge in [0.1, 0.15) is 28.9 Å².